The second-order valence-corrected chi connectivity index (χ2v) is 10.6. The normalized spacial score (nSPS) is 20.0. The summed E-state index contributed by atoms with van der Waals surface area (Å²) < 4.78 is 7.60. The second-order valence-electron chi connectivity index (χ2n) is 10.6. The maximum atomic E-state index is 12.0. The van der Waals surface area contributed by atoms with Gasteiger partial charge in [0.05, 0.1) is 30.5 Å². The van der Waals surface area contributed by atoms with Crippen molar-refractivity contribution in [3.63, 3.8) is 0 Å². The smallest absolute Gasteiger partial charge is 0.374 e. The van der Waals surface area contributed by atoms with Gasteiger partial charge in [-0.1, -0.05) is 12.1 Å². The molecule has 0 bridgehead atoms. The second kappa shape index (κ2) is 9.64. The summed E-state index contributed by atoms with van der Waals surface area (Å²) in [5.41, 5.74) is 3.42. The van der Waals surface area contributed by atoms with E-state index in [1.807, 2.05) is 29.6 Å². The average Bonchev–Trinajstić information content (AvgIpc) is 3.36. The van der Waals surface area contributed by atoms with Crippen LogP contribution in [0.3, 0.4) is 0 Å². The summed E-state index contributed by atoms with van der Waals surface area (Å²) in [6.07, 6.45) is 4.15. The van der Waals surface area contributed by atoms with E-state index in [1.165, 1.54) is 6.42 Å². The third-order valence-corrected chi connectivity index (χ3v) is 8.15. The molecular formula is C28H32N8O3. The highest BCUT2D eigenvalue weighted by atomic mass is 16.5. The fourth-order valence-corrected chi connectivity index (χ4v) is 5.98. The van der Waals surface area contributed by atoms with Gasteiger partial charge >= 0.3 is 5.97 Å². The molecule has 1 aromatic carbocycles. The number of carboxylic acid groups (broad SMARTS) is 1. The predicted molar refractivity (Wildman–Crippen MR) is 148 cm³/mol. The molecular weight excluding hydrogens is 496 g/mol. The third-order valence-electron chi connectivity index (χ3n) is 8.15. The lowest BCUT2D eigenvalue weighted by Gasteiger charge is -2.36. The van der Waals surface area contributed by atoms with Crippen molar-refractivity contribution < 1.29 is 14.6 Å². The summed E-state index contributed by atoms with van der Waals surface area (Å²) in [6, 6.07) is 10.0. The van der Waals surface area contributed by atoms with Crippen molar-refractivity contribution in [3.8, 4) is 0 Å². The number of rotatable bonds is 5. The summed E-state index contributed by atoms with van der Waals surface area (Å²) in [5, 5.41) is 15.8. The number of nitrogens with zero attached hydrogens (tertiary/aromatic N) is 8. The van der Waals surface area contributed by atoms with Crippen molar-refractivity contribution in [2.45, 2.75) is 38.6 Å². The lowest BCUT2D eigenvalue weighted by Crippen LogP contribution is -2.40. The Morgan fingerprint density at radius 2 is 1.82 bits per heavy atom. The molecule has 39 heavy (non-hydrogen) atoms. The van der Waals surface area contributed by atoms with Gasteiger partial charge in [-0.3, -0.25) is 0 Å². The maximum Gasteiger partial charge on any atom is 0.374 e. The van der Waals surface area contributed by atoms with Gasteiger partial charge in [-0.25, -0.2) is 19.7 Å². The SMILES string of the molecule is Cc1cccc2nc(C(=O)O)nc(N3CCCCC3c3cc4nc(N5CCC5)cc(N5CCOCC5)n4n3)c12. The van der Waals surface area contributed by atoms with Crippen LogP contribution >= 0.6 is 0 Å². The number of piperidine rings is 1. The summed E-state index contributed by atoms with van der Waals surface area (Å²) >= 11 is 0. The third kappa shape index (κ3) is 4.21. The van der Waals surface area contributed by atoms with Gasteiger partial charge in [-0.05, 0) is 44.2 Å². The minimum Gasteiger partial charge on any atom is -0.475 e. The van der Waals surface area contributed by atoms with E-state index in [4.69, 9.17) is 14.8 Å². The topological polar surface area (TPSA) is 112 Å². The molecule has 1 unspecified atom stereocenters. The largest absolute Gasteiger partial charge is 0.475 e. The Hall–Kier alpha value is -3.99. The van der Waals surface area contributed by atoms with Crippen molar-refractivity contribution in [2.75, 3.05) is 60.6 Å². The minimum absolute atomic E-state index is 0.0511. The van der Waals surface area contributed by atoms with E-state index in [2.05, 4.69) is 36.8 Å². The predicted octanol–water partition coefficient (Wildman–Crippen LogP) is 3.46. The molecule has 11 nitrogen and oxygen atoms in total. The fraction of sp³-hybridized carbons (Fsp3) is 0.464. The van der Waals surface area contributed by atoms with E-state index in [1.54, 1.807) is 0 Å². The van der Waals surface area contributed by atoms with Gasteiger partial charge in [0.15, 0.2) is 5.65 Å². The summed E-state index contributed by atoms with van der Waals surface area (Å²) in [4.78, 5) is 32.8. The van der Waals surface area contributed by atoms with E-state index in [0.717, 1.165) is 85.9 Å². The Labute approximate surface area is 226 Å². The number of morpholine rings is 1. The Kier molecular flexibility index (Phi) is 5.95. The first kappa shape index (κ1) is 24.1. The van der Waals surface area contributed by atoms with Crippen molar-refractivity contribution in [2.24, 2.45) is 0 Å². The quantitative estimate of drug-likeness (QED) is 0.413. The van der Waals surface area contributed by atoms with Crippen molar-refractivity contribution in [1.29, 1.82) is 0 Å². The van der Waals surface area contributed by atoms with E-state index in [0.29, 0.717) is 24.5 Å². The van der Waals surface area contributed by atoms with Crippen LogP contribution in [0.15, 0.2) is 30.3 Å². The molecule has 202 valence electrons. The standard InChI is InChI=1S/C28H32N8O3/c1-18-6-4-7-19-25(18)27(31-26(29-19)28(37)38)35-11-3-2-8-21(35)20-16-23-30-22(33-9-5-10-33)17-24(36(23)32-20)34-12-14-39-15-13-34/h4,6-7,16-17,21H,2-3,5,8-15H2,1H3,(H,37,38). The molecule has 3 aliphatic rings. The van der Waals surface area contributed by atoms with Gasteiger partial charge in [0.2, 0.25) is 5.82 Å². The Bertz CT molecular complexity index is 1560. The van der Waals surface area contributed by atoms with Gasteiger partial charge in [0.25, 0.3) is 0 Å². The Morgan fingerprint density at radius 1 is 0.974 bits per heavy atom. The highest BCUT2D eigenvalue weighted by molar-refractivity contribution is 5.96. The van der Waals surface area contributed by atoms with Crippen LogP contribution in [0.25, 0.3) is 16.6 Å². The molecule has 0 spiro atoms. The molecule has 3 fully saturated rings. The monoisotopic (exact) mass is 528 g/mol. The number of ether oxygens (including phenoxy) is 1. The Balaban J connectivity index is 1.36. The van der Waals surface area contributed by atoms with Crippen LogP contribution in [-0.4, -0.2) is 81.6 Å². The van der Waals surface area contributed by atoms with Crippen LogP contribution in [0.4, 0.5) is 17.5 Å². The van der Waals surface area contributed by atoms with Crippen LogP contribution in [0.5, 0.6) is 0 Å². The number of carbonyl (C=O) groups is 1. The fourth-order valence-electron chi connectivity index (χ4n) is 5.98. The zero-order valence-corrected chi connectivity index (χ0v) is 22.1. The highest BCUT2D eigenvalue weighted by Crippen LogP contribution is 2.38. The number of anilines is 3. The summed E-state index contributed by atoms with van der Waals surface area (Å²) in [7, 11) is 0. The van der Waals surface area contributed by atoms with Gasteiger partial charge < -0.3 is 24.5 Å². The number of benzene rings is 1. The molecule has 3 aromatic heterocycles. The molecule has 0 amide bonds. The van der Waals surface area contributed by atoms with E-state index < -0.39 is 5.97 Å². The van der Waals surface area contributed by atoms with Gasteiger partial charge in [0.1, 0.15) is 17.5 Å². The molecule has 3 aliphatic heterocycles. The van der Waals surface area contributed by atoms with Gasteiger partial charge in [0, 0.05) is 50.2 Å². The number of aromatic carboxylic acids is 1. The lowest BCUT2D eigenvalue weighted by atomic mass is 9.98. The van der Waals surface area contributed by atoms with Crippen LogP contribution < -0.4 is 14.7 Å². The van der Waals surface area contributed by atoms with Gasteiger partial charge in [-0.2, -0.15) is 9.61 Å². The van der Waals surface area contributed by atoms with Crippen LogP contribution in [0.1, 0.15) is 53.6 Å². The van der Waals surface area contributed by atoms with Crippen LogP contribution in [0.2, 0.25) is 0 Å². The molecule has 3 saturated heterocycles. The summed E-state index contributed by atoms with van der Waals surface area (Å²) in [6.45, 7) is 7.85. The molecule has 7 rings (SSSR count). The number of fused-ring (bicyclic) bond motifs is 2. The maximum absolute atomic E-state index is 12.0. The molecule has 11 heteroatoms. The number of carboxylic acids is 1. The lowest BCUT2D eigenvalue weighted by molar-refractivity contribution is 0.0684. The summed E-state index contributed by atoms with van der Waals surface area (Å²) in [5.74, 6) is 1.39. The number of aromatic nitrogens is 5. The molecule has 4 aromatic rings. The van der Waals surface area contributed by atoms with Gasteiger partial charge in [-0.15, -0.1) is 0 Å². The minimum atomic E-state index is -1.13. The first-order chi connectivity index (χ1) is 19.1. The number of hydrogen-bond donors (Lipinski definition) is 1. The van der Waals surface area contributed by atoms with Crippen molar-refractivity contribution >= 4 is 40.0 Å². The zero-order chi connectivity index (χ0) is 26.5. The molecule has 1 N–H and O–H groups in total. The van der Waals surface area contributed by atoms with Crippen LogP contribution in [0, 0.1) is 6.92 Å². The average molecular weight is 529 g/mol. The highest BCUT2D eigenvalue weighted by Gasteiger charge is 2.31. The van der Waals surface area contributed by atoms with Crippen LogP contribution in [-0.2, 0) is 4.74 Å². The Morgan fingerprint density at radius 3 is 2.59 bits per heavy atom. The molecule has 0 radical (unpaired) electrons. The van der Waals surface area contributed by atoms with E-state index in [9.17, 15) is 9.90 Å². The van der Waals surface area contributed by atoms with E-state index >= 15 is 0 Å². The van der Waals surface area contributed by atoms with Crippen molar-refractivity contribution in [3.05, 3.63) is 47.4 Å². The molecule has 6 heterocycles. The first-order valence-electron chi connectivity index (χ1n) is 13.8. The number of hydrogen-bond acceptors (Lipinski definition) is 9. The number of aryl methyl sites for hydroxylation is 1. The first-order valence-corrected chi connectivity index (χ1v) is 13.8. The van der Waals surface area contributed by atoms with Crippen molar-refractivity contribution in [1.82, 2.24) is 24.6 Å². The zero-order valence-electron chi connectivity index (χ0n) is 22.1. The van der Waals surface area contributed by atoms with E-state index in [-0.39, 0.29) is 11.9 Å². The molecule has 0 saturated carbocycles. The molecule has 1 atom stereocenters. The molecule has 0 aliphatic carbocycles.